The van der Waals surface area contributed by atoms with Gasteiger partial charge in [-0.15, -0.1) is 0 Å². The van der Waals surface area contributed by atoms with E-state index in [1.54, 1.807) is 12.4 Å². The molecule has 0 aliphatic carbocycles. The largest absolute Gasteiger partial charge is 0.352 e. The lowest BCUT2D eigenvalue weighted by Gasteiger charge is -2.07. The van der Waals surface area contributed by atoms with Crippen molar-refractivity contribution in [2.45, 2.75) is 26.3 Å². The maximum Gasteiger partial charge on any atom is 0.220 e. The van der Waals surface area contributed by atoms with Gasteiger partial charge in [-0.2, -0.15) is 0 Å². The fourth-order valence-corrected chi connectivity index (χ4v) is 2.01. The fourth-order valence-electron chi connectivity index (χ4n) is 2.01. The molecule has 1 amide bonds. The van der Waals surface area contributed by atoms with Gasteiger partial charge in [-0.3, -0.25) is 9.78 Å². The topological polar surface area (TPSA) is 42.0 Å². The molecule has 2 aromatic rings. The van der Waals surface area contributed by atoms with E-state index >= 15 is 0 Å². The van der Waals surface area contributed by atoms with Gasteiger partial charge in [0.15, 0.2) is 0 Å². The lowest BCUT2D eigenvalue weighted by atomic mass is 10.1. The summed E-state index contributed by atoms with van der Waals surface area (Å²) in [5.41, 5.74) is 4.15. The molecule has 0 aliphatic heterocycles. The summed E-state index contributed by atoms with van der Waals surface area (Å²) in [6.07, 6.45) is 4.81. The van der Waals surface area contributed by atoms with Gasteiger partial charge in [-0.1, -0.05) is 36.9 Å². The molecule has 1 aromatic carbocycles. The third kappa shape index (κ3) is 4.88. The fraction of sp³-hybridized carbons (Fsp3) is 0.222. The van der Waals surface area contributed by atoms with Gasteiger partial charge in [0.1, 0.15) is 0 Å². The number of carbonyl (C=O) groups is 1. The minimum Gasteiger partial charge on any atom is -0.352 e. The van der Waals surface area contributed by atoms with Crippen molar-refractivity contribution in [2.75, 3.05) is 0 Å². The van der Waals surface area contributed by atoms with Crippen LogP contribution in [-0.4, -0.2) is 10.9 Å². The van der Waals surface area contributed by atoms with Crippen molar-refractivity contribution in [3.8, 4) is 0 Å². The Morgan fingerprint density at radius 3 is 2.67 bits per heavy atom. The number of aryl methyl sites for hydroxylation is 1. The van der Waals surface area contributed by atoms with Gasteiger partial charge in [0.05, 0.1) is 0 Å². The first-order chi connectivity index (χ1) is 10.1. The number of hydrogen-bond acceptors (Lipinski definition) is 2. The molecule has 0 radical (unpaired) electrons. The SMILES string of the molecule is C=C(C)c1cncc(CNC(=O)CCc2ccccc2)c1. The first kappa shape index (κ1) is 15.0. The second-order valence-electron chi connectivity index (χ2n) is 5.12. The second kappa shape index (κ2) is 7.39. The molecule has 108 valence electrons. The predicted molar refractivity (Wildman–Crippen MR) is 85.6 cm³/mol. The van der Waals surface area contributed by atoms with Crippen LogP contribution in [0.4, 0.5) is 0 Å². The zero-order valence-corrected chi connectivity index (χ0v) is 12.3. The molecule has 0 aliphatic rings. The van der Waals surface area contributed by atoms with Crippen LogP contribution in [0.1, 0.15) is 30.0 Å². The Morgan fingerprint density at radius 2 is 1.95 bits per heavy atom. The molecule has 0 saturated carbocycles. The van der Waals surface area contributed by atoms with Crippen LogP contribution in [0.2, 0.25) is 0 Å². The molecule has 0 saturated heterocycles. The molecule has 0 spiro atoms. The van der Waals surface area contributed by atoms with Crippen LogP contribution >= 0.6 is 0 Å². The Morgan fingerprint density at radius 1 is 1.19 bits per heavy atom. The van der Waals surface area contributed by atoms with Crippen molar-refractivity contribution in [1.82, 2.24) is 10.3 Å². The summed E-state index contributed by atoms with van der Waals surface area (Å²) in [4.78, 5) is 16.0. The summed E-state index contributed by atoms with van der Waals surface area (Å²) in [7, 11) is 0. The molecule has 3 heteroatoms. The number of benzene rings is 1. The Kier molecular flexibility index (Phi) is 5.27. The van der Waals surface area contributed by atoms with E-state index in [4.69, 9.17) is 0 Å². The third-order valence-electron chi connectivity index (χ3n) is 3.26. The first-order valence-electron chi connectivity index (χ1n) is 7.05. The summed E-state index contributed by atoms with van der Waals surface area (Å²) in [5.74, 6) is 0.0552. The number of aromatic nitrogens is 1. The minimum absolute atomic E-state index is 0.0552. The van der Waals surface area contributed by atoms with Crippen LogP contribution in [-0.2, 0) is 17.8 Å². The number of hydrogen-bond donors (Lipinski definition) is 1. The maximum atomic E-state index is 11.9. The molecular weight excluding hydrogens is 260 g/mol. The van der Waals surface area contributed by atoms with Gasteiger partial charge >= 0.3 is 0 Å². The summed E-state index contributed by atoms with van der Waals surface area (Å²) >= 11 is 0. The number of allylic oxidation sites excluding steroid dienone is 1. The van der Waals surface area contributed by atoms with Crippen LogP contribution in [0, 0.1) is 0 Å². The predicted octanol–water partition coefficient (Wildman–Crippen LogP) is 3.36. The van der Waals surface area contributed by atoms with E-state index in [1.165, 1.54) is 5.56 Å². The average molecular weight is 280 g/mol. The van der Waals surface area contributed by atoms with Gasteiger partial charge in [0.25, 0.3) is 0 Å². The van der Waals surface area contributed by atoms with Crippen molar-refractivity contribution < 1.29 is 4.79 Å². The number of nitrogens with zero attached hydrogens (tertiary/aromatic N) is 1. The standard InChI is InChI=1S/C18H20N2O/c1-14(2)17-10-16(11-19-13-17)12-20-18(21)9-8-15-6-4-3-5-7-15/h3-7,10-11,13H,1,8-9,12H2,2H3,(H,20,21). The van der Waals surface area contributed by atoms with Crippen LogP contribution in [0.15, 0.2) is 55.4 Å². The van der Waals surface area contributed by atoms with Crippen molar-refractivity contribution in [3.05, 3.63) is 72.1 Å². The zero-order valence-electron chi connectivity index (χ0n) is 12.3. The van der Waals surface area contributed by atoms with E-state index in [-0.39, 0.29) is 5.91 Å². The third-order valence-corrected chi connectivity index (χ3v) is 3.26. The number of nitrogens with one attached hydrogen (secondary N) is 1. The summed E-state index contributed by atoms with van der Waals surface area (Å²) in [5, 5.41) is 2.93. The van der Waals surface area contributed by atoms with E-state index in [1.807, 2.05) is 43.3 Å². The molecule has 1 heterocycles. The average Bonchev–Trinajstić information content (AvgIpc) is 2.52. The second-order valence-corrected chi connectivity index (χ2v) is 5.12. The molecular formula is C18H20N2O. The number of rotatable bonds is 6. The molecule has 0 bridgehead atoms. The van der Waals surface area contributed by atoms with E-state index in [2.05, 4.69) is 16.9 Å². The van der Waals surface area contributed by atoms with Crippen molar-refractivity contribution in [3.63, 3.8) is 0 Å². The molecule has 0 fully saturated rings. The Balaban J connectivity index is 1.81. The van der Waals surface area contributed by atoms with Crippen molar-refractivity contribution in [2.24, 2.45) is 0 Å². The van der Waals surface area contributed by atoms with Gasteiger partial charge in [-0.25, -0.2) is 0 Å². The number of amides is 1. The zero-order chi connectivity index (χ0) is 15.1. The van der Waals surface area contributed by atoms with Gasteiger partial charge in [0.2, 0.25) is 5.91 Å². The van der Waals surface area contributed by atoms with Crippen LogP contribution < -0.4 is 5.32 Å². The Bertz CT molecular complexity index is 620. The van der Waals surface area contributed by atoms with Crippen molar-refractivity contribution in [1.29, 1.82) is 0 Å². The molecule has 2 rings (SSSR count). The highest BCUT2D eigenvalue weighted by Gasteiger charge is 2.03. The summed E-state index contributed by atoms with van der Waals surface area (Å²) in [6, 6.07) is 12.0. The summed E-state index contributed by atoms with van der Waals surface area (Å²) < 4.78 is 0. The Hall–Kier alpha value is -2.42. The smallest absolute Gasteiger partial charge is 0.220 e. The van der Waals surface area contributed by atoms with Gasteiger partial charge in [-0.05, 0) is 41.7 Å². The minimum atomic E-state index is 0.0552. The summed E-state index contributed by atoms with van der Waals surface area (Å²) in [6.45, 7) is 6.34. The number of carbonyl (C=O) groups excluding carboxylic acids is 1. The lowest BCUT2D eigenvalue weighted by Crippen LogP contribution is -2.23. The monoisotopic (exact) mass is 280 g/mol. The maximum absolute atomic E-state index is 11.9. The Labute approximate surface area is 125 Å². The molecule has 1 aromatic heterocycles. The number of pyridine rings is 1. The van der Waals surface area contributed by atoms with Crippen LogP contribution in [0.25, 0.3) is 5.57 Å². The van der Waals surface area contributed by atoms with E-state index in [0.29, 0.717) is 13.0 Å². The van der Waals surface area contributed by atoms with Crippen molar-refractivity contribution >= 4 is 11.5 Å². The van der Waals surface area contributed by atoms with Gasteiger partial charge in [0, 0.05) is 25.4 Å². The molecule has 0 atom stereocenters. The highest BCUT2D eigenvalue weighted by Crippen LogP contribution is 2.11. The van der Waals surface area contributed by atoms with E-state index < -0.39 is 0 Å². The van der Waals surface area contributed by atoms with Crippen LogP contribution in [0.5, 0.6) is 0 Å². The molecule has 3 nitrogen and oxygen atoms in total. The normalized spacial score (nSPS) is 10.1. The highest BCUT2D eigenvalue weighted by molar-refractivity contribution is 5.76. The van der Waals surface area contributed by atoms with Gasteiger partial charge < -0.3 is 5.32 Å². The highest BCUT2D eigenvalue weighted by atomic mass is 16.1. The van der Waals surface area contributed by atoms with E-state index in [0.717, 1.165) is 23.1 Å². The molecule has 1 N–H and O–H groups in total. The van der Waals surface area contributed by atoms with E-state index in [9.17, 15) is 4.79 Å². The quantitative estimate of drug-likeness (QED) is 0.881. The lowest BCUT2D eigenvalue weighted by molar-refractivity contribution is -0.121. The first-order valence-corrected chi connectivity index (χ1v) is 7.05. The van der Waals surface area contributed by atoms with Crippen LogP contribution in [0.3, 0.4) is 0 Å². The molecule has 21 heavy (non-hydrogen) atoms. The molecule has 0 unspecified atom stereocenters.